The first-order valence-corrected chi connectivity index (χ1v) is 5.11. The summed E-state index contributed by atoms with van der Waals surface area (Å²) in [4.78, 5) is 10.7. The van der Waals surface area contributed by atoms with Crippen molar-refractivity contribution in [3.63, 3.8) is 0 Å². The Morgan fingerprint density at radius 2 is 2.17 bits per heavy atom. The molecular formula is C7H2BrClFIO. The summed E-state index contributed by atoms with van der Waals surface area (Å²) in [5.74, 6) is -0.466. The number of hydrogen-bond donors (Lipinski definition) is 0. The van der Waals surface area contributed by atoms with E-state index in [0.29, 0.717) is 8.04 Å². The molecule has 0 heterocycles. The van der Waals surface area contributed by atoms with Gasteiger partial charge in [0.1, 0.15) is 5.82 Å². The van der Waals surface area contributed by atoms with Gasteiger partial charge in [0, 0.05) is 8.04 Å². The topological polar surface area (TPSA) is 17.1 Å². The van der Waals surface area contributed by atoms with Crippen molar-refractivity contribution in [2.24, 2.45) is 0 Å². The molecule has 64 valence electrons. The summed E-state index contributed by atoms with van der Waals surface area (Å²) in [5.41, 5.74) is 0.154. The van der Waals surface area contributed by atoms with E-state index in [1.807, 2.05) is 22.6 Å². The van der Waals surface area contributed by atoms with Gasteiger partial charge in [-0.2, -0.15) is 0 Å². The van der Waals surface area contributed by atoms with Crippen LogP contribution >= 0.6 is 50.1 Å². The molecule has 0 fully saturated rings. The Morgan fingerprint density at radius 3 is 2.67 bits per heavy atom. The molecule has 0 spiro atoms. The van der Waals surface area contributed by atoms with Crippen LogP contribution < -0.4 is 0 Å². The van der Waals surface area contributed by atoms with E-state index in [4.69, 9.17) is 11.6 Å². The molecule has 0 radical (unpaired) electrons. The minimum Gasteiger partial charge on any atom is -0.276 e. The third kappa shape index (κ3) is 2.17. The van der Waals surface area contributed by atoms with Gasteiger partial charge >= 0.3 is 0 Å². The maximum atomic E-state index is 12.7. The van der Waals surface area contributed by atoms with Gasteiger partial charge < -0.3 is 0 Å². The fourth-order valence-corrected chi connectivity index (χ4v) is 1.96. The number of halogens is 4. The summed E-state index contributed by atoms with van der Waals surface area (Å²) >= 11 is 10.3. The van der Waals surface area contributed by atoms with Crippen molar-refractivity contribution in [1.82, 2.24) is 0 Å². The molecule has 0 aliphatic carbocycles. The molecule has 12 heavy (non-hydrogen) atoms. The average Bonchev–Trinajstić information content (AvgIpc) is 1.96. The zero-order valence-corrected chi connectivity index (χ0v) is 10.1. The second-order valence-electron chi connectivity index (χ2n) is 2.02. The van der Waals surface area contributed by atoms with Crippen LogP contribution in [0, 0.1) is 9.39 Å². The molecule has 1 aromatic rings. The first kappa shape index (κ1) is 10.4. The highest BCUT2D eigenvalue weighted by molar-refractivity contribution is 14.1. The van der Waals surface area contributed by atoms with Crippen molar-refractivity contribution in [1.29, 1.82) is 0 Å². The lowest BCUT2D eigenvalue weighted by Gasteiger charge is -2.01. The second kappa shape index (κ2) is 4.02. The minimum absolute atomic E-state index is 0.154. The lowest BCUT2D eigenvalue weighted by atomic mass is 10.2. The highest BCUT2D eigenvalue weighted by atomic mass is 127. The zero-order valence-electron chi connectivity index (χ0n) is 5.57. The Bertz CT molecular complexity index is 342. The van der Waals surface area contributed by atoms with Crippen molar-refractivity contribution < 1.29 is 9.18 Å². The molecule has 0 N–H and O–H groups in total. The van der Waals surface area contributed by atoms with Crippen molar-refractivity contribution in [2.75, 3.05) is 0 Å². The number of rotatable bonds is 1. The van der Waals surface area contributed by atoms with Crippen LogP contribution in [0.5, 0.6) is 0 Å². The molecule has 0 bridgehead atoms. The molecule has 0 unspecified atom stereocenters. The highest BCUT2D eigenvalue weighted by Crippen LogP contribution is 2.25. The lowest BCUT2D eigenvalue weighted by Crippen LogP contribution is -1.94. The van der Waals surface area contributed by atoms with Crippen LogP contribution in [-0.2, 0) is 0 Å². The van der Waals surface area contributed by atoms with Gasteiger partial charge in [0.05, 0.1) is 5.56 Å². The molecule has 5 heteroatoms. The summed E-state index contributed by atoms with van der Waals surface area (Å²) in [7, 11) is 0. The first-order chi connectivity index (χ1) is 5.52. The van der Waals surface area contributed by atoms with Crippen LogP contribution in [0.4, 0.5) is 4.39 Å². The molecule has 0 aliphatic rings. The molecule has 0 atom stereocenters. The summed E-state index contributed by atoms with van der Waals surface area (Å²) < 4.78 is 13.9. The van der Waals surface area contributed by atoms with E-state index < -0.39 is 11.1 Å². The first-order valence-electron chi connectivity index (χ1n) is 2.86. The average molecular weight is 363 g/mol. The fraction of sp³-hybridized carbons (Fsp3) is 0. The Labute approximate surface area is 95.6 Å². The van der Waals surface area contributed by atoms with Crippen LogP contribution in [0.15, 0.2) is 16.6 Å². The number of carbonyl (C=O) groups is 1. The SMILES string of the molecule is O=C(Cl)c1cc(F)cc(I)c1Br. The molecule has 0 saturated heterocycles. The molecule has 0 aliphatic heterocycles. The van der Waals surface area contributed by atoms with Gasteiger partial charge in [-0.3, -0.25) is 4.79 Å². The van der Waals surface area contributed by atoms with E-state index in [0.717, 1.165) is 6.07 Å². The van der Waals surface area contributed by atoms with Gasteiger partial charge in [0.25, 0.3) is 5.24 Å². The van der Waals surface area contributed by atoms with Crippen molar-refractivity contribution in [2.45, 2.75) is 0 Å². The van der Waals surface area contributed by atoms with E-state index >= 15 is 0 Å². The Morgan fingerprint density at radius 1 is 1.58 bits per heavy atom. The van der Waals surface area contributed by atoms with Gasteiger partial charge in [-0.25, -0.2) is 4.39 Å². The Hall–Kier alpha value is 0.320. The molecule has 0 amide bonds. The van der Waals surface area contributed by atoms with Crippen molar-refractivity contribution in [3.05, 3.63) is 31.6 Å². The second-order valence-corrected chi connectivity index (χ2v) is 4.32. The third-order valence-corrected chi connectivity index (χ3v) is 3.85. The largest absolute Gasteiger partial charge is 0.276 e. The summed E-state index contributed by atoms with van der Waals surface area (Å²) in [6, 6.07) is 2.41. The molecule has 0 saturated carbocycles. The smallest absolute Gasteiger partial charge is 0.253 e. The molecule has 1 aromatic carbocycles. The van der Waals surface area contributed by atoms with E-state index in [1.54, 1.807) is 0 Å². The quantitative estimate of drug-likeness (QED) is 0.424. The minimum atomic E-state index is -0.667. The predicted molar refractivity (Wildman–Crippen MR) is 57.0 cm³/mol. The van der Waals surface area contributed by atoms with Gasteiger partial charge in [-0.15, -0.1) is 0 Å². The third-order valence-electron chi connectivity index (χ3n) is 1.20. The van der Waals surface area contributed by atoms with E-state index in [2.05, 4.69) is 15.9 Å². The Kier molecular flexibility index (Phi) is 3.48. The Balaban J connectivity index is 3.37. The van der Waals surface area contributed by atoms with Crippen molar-refractivity contribution in [3.8, 4) is 0 Å². The molecule has 1 rings (SSSR count). The van der Waals surface area contributed by atoms with Crippen LogP contribution in [0.3, 0.4) is 0 Å². The lowest BCUT2D eigenvalue weighted by molar-refractivity contribution is 0.108. The van der Waals surface area contributed by atoms with Gasteiger partial charge in [-0.1, -0.05) is 0 Å². The van der Waals surface area contributed by atoms with Crippen LogP contribution in [-0.4, -0.2) is 5.24 Å². The zero-order chi connectivity index (χ0) is 9.30. The maximum absolute atomic E-state index is 12.7. The maximum Gasteiger partial charge on any atom is 0.253 e. The van der Waals surface area contributed by atoms with Crippen LogP contribution in [0.1, 0.15) is 10.4 Å². The highest BCUT2D eigenvalue weighted by Gasteiger charge is 2.11. The molecule has 0 aromatic heterocycles. The predicted octanol–water partition coefficient (Wildman–Crippen LogP) is 3.57. The number of hydrogen-bond acceptors (Lipinski definition) is 1. The number of benzene rings is 1. The summed E-state index contributed by atoms with van der Waals surface area (Å²) in [6.45, 7) is 0. The molecular weight excluding hydrogens is 361 g/mol. The van der Waals surface area contributed by atoms with E-state index in [1.165, 1.54) is 6.07 Å². The van der Waals surface area contributed by atoms with E-state index in [-0.39, 0.29) is 5.56 Å². The fourth-order valence-electron chi connectivity index (χ4n) is 0.699. The van der Waals surface area contributed by atoms with E-state index in [9.17, 15) is 9.18 Å². The van der Waals surface area contributed by atoms with Gasteiger partial charge in [-0.05, 0) is 62.3 Å². The van der Waals surface area contributed by atoms with Gasteiger partial charge in [0.15, 0.2) is 0 Å². The van der Waals surface area contributed by atoms with Crippen molar-refractivity contribution >= 4 is 55.4 Å². The summed E-state index contributed by atoms with van der Waals surface area (Å²) in [5, 5.41) is -0.667. The molecule has 1 nitrogen and oxygen atoms in total. The standard InChI is InChI=1S/C7H2BrClFIO/c8-6-4(7(9)12)1-3(10)2-5(6)11/h1-2H. The normalized spacial score (nSPS) is 10.0. The van der Waals surface area contributed by atoms with Gasteiger partial charge in [0.2, 0.25) is 0 Å². The summed E-state index contributed by atoms with van der Waals surface area (Å²) in [6.07, 6.45) is 0. The van der Waals surface area contributed by atoms with Crippen LogP contribution in [0.25, 0.3) is 0 Å². The number of carbonyl (C=O) groups excluding carboxylic acids is 1. The monoisotopic (exact) mass is 362 g/mol. The van der Waals surface area contributed by atoms with Crippen LogP contribution in [0.2, 0.25) is 0 Å².